The Balaban J connectivity index is -0.0000000720. The average molecular weight is 200 g/mol. The first-order valence-corrected chi connectivity index (χ1v) is 3.00. The maximum atomic E-state index is 8.44. The molecule has 0 saturated heterocycles. The first-order valence-electron chi connectivity index (χ1n) is 1.00. The standard InChI is InChI=1S/Ca.2H2O3S/c;2*1-4(2)3/h;2*(H2,1,2,3)/q+2;;/p-4. The quantitative estimate of drug-likeness (QED) is 0.317. The van der Waals surface area contributed by atoms with E-state index in [9.17, 15) is 0 Å². The largest absolute Gasteiger partial charge is 2.00 e. The van der Waals surface area contributed by atoms with Crippen molar-refractivity contribution in [2.75, 3.05) is 0 Å². The zero-order valence-corrected chi connectivity index (χ0v) is 7.81. The van der Waals surface area contributed by atoms with E-state index in [-0.39, 0.29) is 37.7 Å². The summed E-state index contributed by atoms with van der Waals surface area (Å²) in [5.74, 6) is 0. The van der Waals surface area contributed by atoms with Gasteiger partial charge in [-0.25, -0.2) is 0 Å². The Bertz CT molecular complexity index is 69.1. The molecule has 0 aromatic rings. The summed E-state index contributed by atoms with van der Waals surface area (Å²) in [6.45, 7) is 0. The molecule has 0 aliphatic carbocycles. The van der Waals surface area contributed by atoms with Gasteiger partial charge in [-0.2, -0.15) is 0 Å². The molecule has 0 aliphatic heterocycles. The maximum absolute atomic E-state index is 8.44. The summed E-state index contributed by atoms with van der Waals surface area (Å²) in [6, 6.07) is 0. The van der Waals surface area contributed by atoms with Gasteiger partial charge in [-0.15, -0.1) is 22.7 Å². The summed E-state index contributed by atoms with van der Waals surface area (Å²) in [5.41, 5.74) is 0. The van der Waals surface area contributed by atoms with E-state index in [4.69, 9.17) is 26.6 Å². The van der Waals surface area contributed by atoms with Crippen molar-refractivity contribution >= 4 is 60.5 Å². The Labute approximate surface area is 86.3 Å². The monoisotopic (exact) mass is 200 g/mol. The minimum Gasteiger partial charge on any atom is -0.784 e. The van der Waals surface area contributed by atoms with Gasteiger partial charge in [0.15, 0.2) is 0 Å². The molecule has 9 heteroatoms. The molecule has 0 aliphatic rings. The molecule has 0 bridgehead atoms. The van der Waals surface area contributed by atoms with Crippen LogP contribution >= 0.6 is 0 Å². The van der Waals surface area contributed by atoms with Gasteiger partial charge in [-0.3, -0.25) is 8.42 Å². The van der Waals surface area contributed by atoms with Crippen LogP contribution in [-0.2, 0) is 22.7 Å². The zero-order chi connectivity index (χ0) is 7.15. The van der Waals surface area contributed by atoms with Crippen LogP contribution < -0.4 is 0 Å². The molecular formula is CaO6S2-2. The fourth-order valence-electron chi connectivity index (χ4n) is 0. The van der Waals surface area contributed by atoms with E-state index >= 15 is 0 Å². The van der Waals surface area contributed by atoms with Crippen molar-refractivity contribution in [1.82, 2.24) is 0 Å². The molecule has 0 spiro atoms. The smallest absolute Gasteiger partial charge is 0.784 e. The average Bonchev–Trinajstić information content (AvgIpc) is 1.25. The van der Waals surface area contributed by atoms with Crippen LogP contribution in [-0.4, -0.2) is 64.4 Å². The summed E-state index contributed by atoms with van der Waals surface area (Å²) in [6.07, 6.45) is 0. The van der Waals surface area contributed by atoms with Crippen LogP contribution in [0, 0.1) is 0 Å². The fraction of sp³-hybridized carbons (Fsp3) is 0. The van der Waals surface area contributed by atoms with E-state index in [1.54, 1.807) is 0 Å². The van der Waals surface area contributed by atoms with E-state index in [1.165, 1.54) is 0 Å². The van der Waals surface area contributed by atoms with Crippen molar-refractivity contribution < 1.29 is 26.6 Å². The third-order valence-corrected chi connectivity index (χ3v) is 0. The van der Waals surface area contributed by atoms with Gasteiger partial charge >= 0.3 is 37.7 Å². The summed E-state index contributed by atoms with van der Waals surface area (Å²) < 4.78 is 50.7. The summed E-state index contributed by atoms with van der Waals surface area (Å²) in [4.78, 5) is 0. The second-order valence-corrected chi connectivity index (χ2v) is 1.22. The summed E-state index contributed by atoms with van der Waals surface area (Å²) in [7, 11) is 0. The molecule has 52 valence electrons. The minimum absolute atomic E-state index is 0. The second-order valence-electron chi connectivity index (χ2n) is 0.408. The topological polar surface area (TPSA) is 126 Å². The molecule has 0 amide bonds. The van der Waals surface area contributed by atoms with Crippen LogP contribution in [0.4, 0.5) is 0 Å². The van der Waals surface area contributed by atoms with Crippen molar-refractivity contribution in [3.8, 4) is 0 Å². The van der Waals surface area contributed by atoms with E-state index in [2.05, 4.69) is 0 Å². The molecule has 6 nitrogen and oxygen atoms in total. The predicted octanol–water partition coefficient (Wildman–Crippen LogP) is -2.39. The fourth-order valence-corrected chi connectivity index (χ4v) is 0. The molecule has 0 aromatic heterocycles. The van der Waals surface area contributed by atoms with Gasteiger partial charge in [0.1, 0.15) is 0 Å². The van der Waals surface area contributed by atoms with Crippen molar-refractivity contribution in [2.24, 2.45) is 0 Å². The van der Waals surface area contributed by atoms with Crippen molar-refractivity contribution in [2.45, 2.75) is 0 Å². The summed E-state index contributed by atoms with van der Waals surface area (Å²) in [5, 5.41) is 0. The van der Waals surface area contributed by atoms with Crippen molar-refractivity contribution in [3.05, 3.63) is 0 Å². The molecule has 0 unspecified atom stereocenters. The number of hydrogen-bond acceptors (Lipinski definition) is 6. The van der Waals surface area contributed by atoms with Crippen molar-refractivity contribution in [3.63, 3.8) is 0 Å². The van der Waals surface area contributed by atoms with Crippen molar-refractivity contribution in [1.29, 1.82) is 0 Å². The van der Waals surface area contributed by atoms with Gasteiger partial charge in [0.25, 0.3) is 0 Å². The van der Waals surface area contributed by atoms with E-state index in [0.29, 0.717) is 0 Å². The van der Waals surface area contributed by atoms with E-state index in [1.807, 2.05) is 0 Å². The van der Waals surface area contributed by atoms with Gasteiger partial charge in [-0.05, 0) is 0 Å². The Morgan fingerprint density at radius 2 is 0.778 bits per heavy atom. The van der Waals surface area contributed by atoms with Gasteiger partial charge < -0.3 is 18.2 Å². The Hall–Kier alpha value is 1.40. The van der Waals surface area contributed by atoms with Crippen LogP contribution in [0.2, 0.25) is 0 Å². The van der Waals surface area contributed by atoms with Gasteiger partial charge in [0, 0.05) is 0 Å². The van der Waals surface area contributed by atoms with Crippen LogP contribution in [0.15, 0.2) is 0 Å². The third-order valence-electron chi connectivity index (χ3n) is 0. The molecule has 0 radical (unpaired) electrons. The van der Waals surface area contributed by atoms with Crippen LogP contribution in [0.1, 0.15) is 0 Å². The predicted molar refractivity (Wildman–Crippen MR) is 25.1 cm³/mol. The zero-order valence-electron chi connectivity index (χ0n) is 3.97. The van der Waals surface area contributed by atoms with Crippen LogP contribution in [0.3, 0.4) is 0 Å². The van der Waals surface area contributed by atoms with Crippen LogP contribution in [0.5, 0.6) is 0 Å². The molecule has 0 aromatic carbocycles. The third kappa shape index (κ3) is 263. The Morgan fingerprint density at radius 3 is 0.778 bits per heavy atom. The first-order chi connectivity index (χ1) is 3.46. The number of rotatable bonds is 0. The van der Waals surface area contributed by atoms with Crippen LogP contribution in [0.25, 0.3) is 0 Å². The molecule has 9 heavy (non-hydrogen) atoms. The van der Waals surface area contributed by atoms with Gasteiger partial charge in [0.2, 0.25) is 0 Å². The molecule has 0 rings (SSSR count). The Morgan fingerprint density at radius 1 is 0.778 bits per heavy atom. The Kier molecular flexibility index (Phi) is 22.6. The molecule has 0 fully saturated rings. The number of hydrogen-bond donors (Lipinski definition) is 0. The van der Waals surface area contributed by atoms with E-state index < -0.39 is 22.7 Å². The van der Waals surface area contributed by atoms with Gasteiger partial charge in [0.05, 0.1) is 0 Å². The molecular weight excluding hydrogens is 200 g/mol. The molecule has 0 atom stereocenters. The molecule has 0 heterocycles. The minimum atomic E-state index is -3.11. The first kappa shape index (κ1) is 16.8. The summed E-state index contributed by atoms with van der Waals surface area (Å²) >= 11 is -6.22. The second kappa shape index (κ2) is 12.1. The van der Waals surface area contributed by atoms with E-state index in [0.717, 1.165) is 0 Å². The normalized spacial score (nSPS) is 7.78. The SMILES string of the molecule is O=S([O-])[O-].O=S([O-])[O-].[Ca+2]. The molecule has 0 N–H and O–H groups in total. The maximum Gasteiger partial charge on any atom is 2.00 e. The molecule has 0 saturated carbocycles. The van der Waals surface area contributed by atoms with Gasteiger partial charge in [-0.1, -0.05) is 0 Å².